The Kier molecular flexibility index (Phi) is 7.22. The van der Waals surface area contributed by atoms with Gasteiger partial charge in [-0.25, -0.2) is 8.42 Å². The molecule has 1 aromatic carbocycles. The number of benzene rings is 1. The van der Waals surface area contributed by atoms with Gasteiger partial charge in [-0.15, -0.1) is 0 Å². The van der Waals surface area contributed by atoms with Gasteiger partial charge < -0.3 is 15.1 Å². The summed E-state index contributed by atoms with van der Waals surface area (Å²) in [6.45, 7) is 6.80. The molecule has 1 heterocycles. The topological polar surface area (TPSA) is 86.8 Å². The van der Waals surface area contributed by atoms with Crippen molar-refractivity contribution in [2.24, 2.45) is 0 Å². The van der Waals surface area contributed by atoms with Crippen LogP contribution in [0.15, 0.2) is 18.2 Å². The van der Waals surface area contributed by atoms with Crippen LogP contribution in [0.4, 0.5) is 5.69 Å². The summed E-state index contributed by atoms with van der Waals surface area (Å²) < 4.78 is 23.8. The second-order valence-corrected chi connectivity index (χ2v) is 10.2. The van der Waals surface area contributed by atoms with Gasteiger partial charge in [0, 0.05) is 24.8 Å². The van der Waals surface area contributed by atoms with Crippen molar-refractivity contribution in [3.05, 3.63) is 29.3 Å². The Morgan fingerprint density at radius 3 is 2.43 bits per heavy atom. The molecule has 1 aliphatic heterocycles. The lowest BCUT2D eigenvalue weighted by molar-refractivity contribution is -0.144. The van der Waals surface area contributed by atoms with Crippen LogP contribution >= 0.6 is 0 Å². The monoisotopic (exact) mass is 409 g/mol. The summed E-state index contributed by atoms with van der Waals surface area (Å²) in [6, 6.07) is 5.30. The number of sulfone groups is 1. The lowest BCUT2D eigenvalue weighted by Crippen LogP contribution is -2.49. The molecule has 0 radical (unpaired) electrons. The minimum absolute atomic E-state index is 0.0559. The van der Waals surface area contributed by atoms with Gasteiger partial charge in [-0.2, -0.15) is 0 Å². The summed E-state index contributed by atoms with van der Waals surface area (Å²) in [6.07, 6.45) is 0.371. The molecule has 1 N–H and O–H groups in total. The van der Waals surface area contributed by atoms with Crippen molar-refractivity contribution >= 4 is 27.3 Å². The van der Waals surface area contributed by atoms with Gasteiger partial charge in [-0.1, -0.05) is 32.0 Å². The number of rotatable bonds is 6. The molecule has 1 atom stereocenters. The average molecular weight is 410 g/mol. The largest absolute Gasteiger partial charge is 0.329 e. The molecule has 1 aromatic rings. The molecule has 1 unspecified atom stereocenters. The first-order chi connectivity index (χ1) is 13.0. The van der Waals surface area contributed by atoms with Crippen LogP contribution in [-0.4, -0.2) is 74.8 Å². The van der Waals surface area contributed by atoms with E-state index in [0.29, 0.717) is 25.2 Å². The number of carbonyl (C=O) groups is 2. The molecular weight excluding hydrogens is 378 g/mol. The minimum Gasteiger partial charge on any atom is -0.329 e. The predicted octanol–water partition coefficient (Wildman–Crippen LogP) is 1.63. The van der Waals surface area contributed by atoms with Crippen LogP contribution < -0.4 is 5.32 Å². The Balaban J connectivity index is 2.23. The predicted molar refractivity (Wildman–Crippen MR) is 111 cm³/mol. The Bertz CT molecular complexity index is 834. The molecular formula is C20H31N3O4S. The average Bonchev–Trinajstić information content (AvgIpc) is 2.95. The quantitative estimate of drug-likeness (QED) is 0.722. The molecule has 0 spiro atoms. The van der Waals surface area contributed by atoms with Crippen molar-refractivity contribution in [3.8, 4) is 0 Å². The fourth-order valence-corrected chi connectivity index (χ4v) is 5.15. The molecule has 2 rings (SSSR count). The number of amides is 2. The van der Waals surface area contributed by atoms with Crippen molar-refractivity contribution in [1.82, 2.24) is 9.80 Å². The number of nitrogens with zero attached hydrogens (tertiary/aromatic N) is 2. The summed E-state index contributed by atoms with van der Waals surface area (Å²) in [4.78, 5) is 29.1. The van der Waals surface area contributed by atoms with E-state index in [0.717, 1.165) is 11.1 Å². The summed E-state index contributed by atoms with van der Waals surface area (Å²) in [7, 11) is 0.582. The van der Waals surface area contributed by atoms with Crippen molar-refractivity contribution in [2.45, 2.75) is 39.2 Å². The maximum absolute atomic E-state index is 13.0. The van der Waals surface area contributed by atoms with E-state index in [4.69, 9.17) is 0 Å². The van der Waals surface area contributed by atoms with Crippen LogP contribution in [0.25, 0.3) is 0 Å². The Morgan fingerprint density at radius 1 is 1.21 bits per heavy atom. The summed E-state index contributed by atoms with van der Waals surface area (Å²) in [5, 5.41) is 2.78. The summed E-state index contributed by atoms with van der Waals surface area (Å²) >= 11 is 0. The molecule has 8 heteroatoms. The highest BCUT2D eigenvalue weighted by molar-refractivity contribution is 7.91. The standard InChI is InChI=1S/C20H31N3O4S/c1-14(2)17-8-6-7-15(3)18(17)21-19(24)20(25)23(11-10-22(4)5)16-9-12-28(26,27)13-16/h6-8,14,16H,9-13H2,1-5H3,(H,21,24). The third-order valence-corrected chi connectivity index (χ3v) is 6.81. The third kappa shape index (κ3) is 5.54. The van der Waals surface area contributed by atoms with Crippen LogP contribution in [0, 0.1) is 6.92 Å². The third-order valence-electron chi connectivity index (χ3n) is 5.06. The van der Waals surface area contributed by atoms with Gasteiger partial charge in [-0.3, -0.25) is 9.59 Å². The number of carbonyl (C=O) groups excluding carboxylic acids is 2. The molecule has 2 amide bonds. The smallest absolute Gasteiger partial charge is 0.313 e. The SMILES string of the molecule is Cc1cccc(C(C)C)c1NC(=O)C(=O)N(CCN(C)C)C1CCS(=O)(=O)C1. The highest BCUT2D eigenvalue weighted by atomic mass is 32.2. The Morgan fingerprint density at radius 2 is 1.89 bits per heavy atom. The first-order valence-corrected chi connectivity index (χ1v) is 11.4. The number of likely N-dealkylation sites (N-methyl/N-ethyl adjacent to an activating group) is 1. The van der Waals surface area contributed by atoms with Crippen LogP contribution in [0.2, 0.25) is 0 Å². The van der Waals surface area contributed by atoms with E-state index in [1.54, 1.807) is 0 Å². The fraction of sp³-hybridized carbons (Fsp3) is 0.600. The molecule has 1 fully saturated rings. The molecule has 156 valence electrons. The minimum atomic E-state index is -3.16. The molecule has 0 aromatic heterocycles. The molecule has 7 nitrogen and oxygen atoms in total. The van der Waals surface area contributed by atoms with E-state index in [-0.39, 0.29) is 17.4 Å². The number of anilines is 1. The first-order valence-electron chi connectivity index (χ1n) is 9.58. The zero-order valence-corrected chi connectivity index (χ0v) is 18.2. The van der Waals surface area contributed by atoms with E-state index >= 15 is 0 Å². The first kappa shape index (κ1) is 22.4. The van der Waals surface area contributed by atoms with Gasteiger partial charge in [0.25, 0.3) is 0 Å². The fourth-order valence-electron chi connectivity index (χ4n) is 3.42. The number of hydrogen-bond donors (Lipinski definition) is 1. The second-order valence-electron chi connectivity index (χ2n) is 8.01. The van der Waals surface area contributed by atoms with Crippen LogP contribution in [0.1, 0.15) is 37.3 Å². The molecule has 1 saturated heterocycles. The maximum Gasteiger partial charge on any atom is 0.313 e. The van der Waals surface area contributed by atoms with Gasteiger partial charge in [0.05, 0.1) is 11.5 Å². The van der Waals surface area contributed by atoms with Crippen LogP contribution in [-0.2, 0) is 19.4 Å². The highest BCUT2D eigenvalue weighted by Gasteiger charge is 2.36. The lowest BCUT2D eigenvalue weighted by atomic mass is 9.98. The van der Waals surface area contributed by atoms with Gasteiger partial charge in [0.1, 0.15) is 0 Å². The summed E-state index contributed by atoms with van der Waals surface area (Å²) in [5.74, 6) is -1.24. The van der Waals surface area contributed by atoms with E-state index in [2.05, 4.69) is 5.32 Å². The van der Waals surface area contributed by atoms with E-state index in [1.807, 2.05) is 58.0 Å². The van der Waals surface area contributed by atoms with E-state index in [1.165, 1.54) is 4.90 Å². The molecule has 1 aliphatic rings. The lowest BCUT2D eigenvalue weighted by Gasteiger charge is -2.29. The second kappa shape index (κ2) is 9.05. The molecule has 0 saturated carbocycles. The Labute approximate surface area is 168 Å². The van der Waals surface area contributed by atoms with Crippen molar-refractivity contribution in [3.63, 3.8) is 0 Å². The van der Waals surface area contributed by atoms with Crippen molar-refractivity contribution in [1.29, 1.82) is 0 Å². The molecule has 28 heavy (non-hydrogen) atoms. The number of nitrogens with one attached hydrogen (secondary N) is 1. The zero-order valence-electron chi connectivity index (χ0n) is 17.4. The highest BCUT2D eigenvalue weighted by Crippen LogP contribution is 2.27. The zero-order chi connectivity index (χ0) is 21.1. The van der Waals surface area contributed by atoms with Crippen molar-refractivity contribution in [2.75, 3.05) is 44.0 Å². The van der Waals surface area contributed by atoms with Gasteiger partial charge in [0.15, 0.2) is 9.84 Å². The van der Waals surface area contributed by atoms with Gasteiger partial charge in [-0.05, 0) is 44.5 Å². The van der Waals surface area contributed by atoms with E-state index in [9.17, 15) is 18.0 Å². The number of aryl methyl sites for hydroxylation is 1. The van der Waals surface area contributed by atoms with Crippen molar-refractivity contribution < 1.29 is 18.0 Å². The Hall–Kier alpha value is -1.93. The molecule has 0 bridgehead atoms. The number of hydrogen-bond acceptors (Lipinski definition) is 5. The summed E-state index contributed by atoms with van der Waals surface area (Å²) in [5.41, 5.74) is 2.50. The van der Waals surface area contributed by atoms with Crippen LogP contribution in [0.5, 0.6) is 0 Å². The van der Waals surface area contributed by atoms with Crippen LogP contribution in [0.3, 0.4) is 0 Å². The van der Waals surface area contributed by atoms with Gasteiger partial charge >= 0.3 is 11.8 Å². The normalized spacial score (nSPS) is 18.5. The van der Waals surface area contributed by atoms with Gasteiger partial charge in [0.2, 0.25) is 0 Å². The number of para-hydroxylation sites is 1. The molecule has 0 aliphatic carbocycles. The van der Waals surface area contributed by atoms with E-state index < -0.39 is 27.7 Å². The maximum atomic E-state index is 13.0.